The van der Waals surface area contributed by atoms with Crippen molar-refractivity contribution >= 4 is 33.6 Å². The molecule has 1 unspecified atom stereocenters. The van der Waals surface area contributed by atoms with Crippen LogP contribution >= 0.6 is 15.9 Å². The van der Waals surface area contributed by atoms with Crippen molar-refractivity contribution in [2.24, 2.45) is 10.7 Å². The minimum atomic E-state index is -1.38. The van der Waals surface area contributed by atoms with E-state index in [9.17, 15) is 4.39 Å². The molecule has 0 amide bonds. The second-order valence-electron chi connectivity index (χ2n) is 5.57. The topological polar surface area (TPSA) is 94.9 Å². The van der Waals surface area contributed by atoms with E-state index in [0.717, 1.165) is 0 Å². The second-order valence-corrected chi connectivity index (χ2v) is 6.49. The van der Waals surface area contributed by atoms with Gasteiger partial charge in [-0.05, 0) is 18.2 Å². The Morgan fingerprint density at radius 2 is 2.04 bits per heavy atom. The highest BCUT2D eigenvalue weighted by Gasteiger charge is 2.36. The number of anilines is 2. The summed E-state index contributed by atoms with van der Waals surface area (Å²) in [6.45, 7) is 0.805. The molecule has 2 aromatic rings. The number of halogens is 2. The summed E-state index contributed by atoms with van der Waals surface area (Å²) in [4.78, 5) is 4.28. The van der Waals surface area contributed by atoms with Crippen molar-refractivity contribution in [1.82, 2.24) is 0 Å². The first-order valence-corrected chi connectivity index (χ1v) is 8.35. The average molecular weight is 409 g/mol. The van der Waals surface area contributed by atoms with E-state index in [4.69, 9.17) is 20.9 Å². The Morgan fingerprint density at radius 1 is 1.24 bits per heavy atom. The predicted molar refractivity (Wildman–Crippen MR) is 99.4 cm³/mol. The smallest absolute Gasteiger partial charge is 0.166 e. The van der Waals surface area contributed by atoms with Crippen molar-refractivity contribution < 1.29 is 13.9 Å². The van der Waals surface area contributed by atoms with Crippen molar-refractivity contribution in [3.8, 4) is 5.75 Å². The summed E-state index contributed by atoms with van der Waals surface area (Å²) < 4.78 is 25.7. The van der Waals surface area contributed by atoms with Crippen molar-refractivity contribution in [1.29, 1.82) is 0 Å². The van der Waals surface area contributed by atoms with Gasteiger partial charge in [-0.3, -0.25) is 5.73 Å². The molecule has 1 heterocycles. The van der Waals surface area contributed by atoms with Gasteiger partial charge in [-0.25, -0.2) is 9.38 Å². The third-order valence-corrected chi connectivity index (χ3v) is 4.43. The number of hydrogen-bond donors (Lipinski definition) is 3. The molecule has 0 aromatic heterocycles. The number of nitrogen functional groups attached to an aromatic ring is 1. The number of methoxy groups -OCH3 is 1. The standard InChI is InChI=1S/C17H18BrFN4O2/c1-24-4-5-25-16-8-15-12(7-14(16)20)17(21,23-9-22-15)11-3-2-10(18)6-13(11)19/h2-3,6-9H,4-5,20-21H2,1H3,(H,22,23). The number of fused-ring (bicyclic) bond motifs is 1. The highest BCUT2D eigenvalue weighted by atomic mass is 79.9. The summed E-state index contributed by atoms with van der Waals surface area (Å²) in [6.07, 6.45) is 1.44. The second kappa shape index (κ2) is 6.99. The van der Waals surface area contributed by atoms with Crippen molar-refractivity contribution in [2.45, 2.75) is 5.66 Å². The van der Waals surface area contributed by atoms with Gasteiger partial charge in [0.25, 0.3) is 0 Å². The SMILES string of the molecule is COCCOc1cc2c(cc1N)C(N)(c1ccc(Br)cc1F)N=CN2. The van der Waals surface area contributed by atoms with Crippen LogP contribution in [0.5, 0.6) is 5.75 Å². The fraction of sp³-hybridized carbons (Fsp3) is 0.235. The number of nitrogens with zero attached hydrogens (tertiary/aromatic N) is 1. The highest BCUT2D eigenvalue weighted by Crippen LogP contribution is 2.41. The fourth-order valence-corrected chi connectivity index (χ4v) is 3.01. The van der Waals surface area contributed by atoms with Crippen LogP contribution in [-0.4, -0.2) is 26.7 Å². The molecule has 132 valence electrons. The van der Waals surface area contributed by atoms with Gasteiger partial charge in [0.05, 0.1) is 24.3 Å². The van der Waals surface area contributed by atoms with E-state index >= 15 is 0 Å². The highest BCUT2D eigenvalue weighted by molar-refractivity contribution is 9.10. The molecule has 0 saturated carbocycles. The third kappa shape index (κ3) is 3.33. The summed E-state index contributed by atoms with van der Waals surface area (Å²) in [7, 11) is 1.59. The molecule has 0 bridgehead atoms. The summed E-state index contributed by atoms with van der Waals surface area (Å²) in [6, 6.07) is 8.06. The van der Waals surface area contributed by atoms with Gasteiger partial charge in [-0.2, -0.15) is 0 Å². The molecule has 0 fully saturated rings. The zero-order valence-electron chi connectivity index (χ0n) is 13.6. The van der Waals surface area contributed by atoms with Gasteiger partial charge in [-0.1, -0.05) is 22.0 Å². The molecule has 1 aliphatic rings. The molecule has 1 atom stereocenters. The Morgan fingerprint density at radius 3 is 2.76 bits per heavy atom. The first-order valence-electron chi connectivity index (χ1n) is 7.56. The number of benzene rings is 2. The Kier molecular flexibility index (Phi) is 4.94. The summed E-state index contributed by atoms with van der Waals surface area (Å²) in [5.41, 5.74) is 13.0. The zero-order valence-corrected chi connectivity index (χ0v) is 15.1. The first kappa shape index (κ1) is 17.7. The maximum Gasteiger partial charge on any atom is 0.166 e. The van der Waals surface area contributed by atoms with Crippen LogP contribution in [0, 0.1) is 5.82 Å². The third-order valence-electron chi connectivity index (χ3n) is 3.94. The van der Waals surface area contributed by atoms with Gasteiger partial charge in [0.1, 0.15) is 18.2 Å². The normalized spacial score (nSPS) is 18.6. The molecule has 3 rings (SSSR count). The van der Waals surface area contributed by atoms with Crippen molar-refractivity contribution in [2.75, 3.05) is 31.4 Å². The molecule has 8 heteroatoms. The Hall–Kier alpha value is -2.16. The van der Waals surface area contributed by atoms with E-state index in [1.54, 1.807) is 31.4 Å². The first-order chi connectivity index (χ1) is 12.0. The number of nitrogens with two attached hydrogens (primary N) is 2. The van der Waals surface area contributed by atoms with Crippen LogP contribution in [0.3, 0.4) is 0 Å². The van der Waals surface area contributed by atoms with Crippen molar-refractivity contribution in [3.63, 3.8) is 0 Å². The van der Waals surface area contributed by atoms with Gasteiger partial charge in [0.2, 0.25) is 0 Å². The van der Waals surface area contributed by atoms with E-state index in [0.29, 0.717) is 40.4 Å². The Bertz CT molecular complexity index is 831. The molecule has 0 aliphatic carbocycles. The molecular weight excluding hydrogens is 391 g/mol. The molecule has 25 heavy (non-hydrogen) atoms. The van der Waals surface area contributed by atoms with E-state index in [2.05, 4.69) is 26.2 Å². The summed E-state index contributed by atoms with van der Waals surface area (Å²) in [5, 5.41) is 3.01. The van der Waals surface area contributed by atoms with E-state index in [-0.39, 0.29) is 5.56 Å². The minimum absolute atomic E-state index is 0.252. The van der Waals surface area contributed by atoms with Crippen LogP contribution in [0.15, 0.2) is 39.8 Å². The van der Waals surface area contributed by atoms with E-state index in [1.807, 2.05) is 0 Å². The fourth-order valence-electron chi connectivity index (χ4n) is 2.68. The predicted octanol–water partition coefficient (Wildman–Crippen LogP) is 2.81. The lowest BCUT2D eigenvalue weighted by molar-refractivity contribution is 0.147. The van der Waals surface area contributed by atoms with Crippen LogP contribution < -0.4 is 21.5 Å². The van der Waals surface area contributed by atoms with Crippen LogP contribution in [0.4, 0.5) is 15.8 Å². The monoisotopic (exact) mass is 408 g/mol. The maximum atomic E-state index is 14.5. The largest absolute Gasteiger partial charge is 0.489 e. The number of aliphatic imine (C=N–C) groups is 1. The van der Waals surface area contributed by atoms with Crippen LogP contribution in [0.1, 0.15) is 11.1 Å². The van der Waals surface area contributed by atoms with Gasteiger partial charge >= 0.3 is 0 Å². The molecule has 6 nitrogen and oxygen atoms in total. The van der Waals surface area contributed by atoms with Gasteiger partial charge in [0.15, 0.2) is 5.66 Å². The minimum Gasteiger partial charge on any atom is -0.489 e. The molecule has 2 aromatic carbocycles. The molecule has 0 spiro atoms. The summed E-state index contributed by atoms with van der Waals surface area (Å²) in [5.74, 6) is 0.0399. The van der Waals surface area contributed by atoms with Gasteiger partial charge in [0, 0.05) is 28.8 Å². The van der Waals surface area contributed by atoms with Gasteiger partial charge in [-0.15, -0.1) is 0 Å². The van der Waals surface area contributed by atoms with Crippen molar-refractivity contribution in [3.05, 3.63) is 51.7 Å². The molecule has 1 aliphatic heterocycles. The number of nitrogens with one attached hydrogen (secondary N) is 1. The quantitative estimate of drug-likeness (QED) is 0.522. The lowest BCUT2D eigenvalue weighted by Gasteiger charge is -2.32. The van der Waals surface area contributed by atoms with Gasteiger partial charge < -0.3 is 20.5 Å². The Balaban J connectivity index is 2.04. The van der Waals surface area contributed by atoms with Crippen LogP contribution in [-0.2, 0) is 10.4 Å². The number of ether oxygens (including phenoxy) is 2. The lowest BCUT2D eigenvalue weighted by atomic mass is 9.89. The van der Waals surface area contributed by atoms with E-state index < -0.39 is 11.5 Å². The van der Waals surface area contributed by atoms with Crippen LogP contribution in [0.2, 0.25) is 0 Å². The molecule has 5 N–H and O–H groups in total. The maximum absolute atomic E-state index is 14.5. The zero-order chi connectivity index (χ0) is 18.0. The number of hydrogen-bond acceptors (Lipinski definition) is 6. The molecule has 0 saturated heterocycles. The molecule has 0 radical (unpaired) electrons. The molecular formula is C17H18BrFN4O2. The Labute approximate surface area is 153 Å². The van der Waals surface area contributed by atoms with E-state index in [1.165, 1.54) is 12.4 Å². The summed E-state index contributed by atoms with van der Waals surface area (Å²) >= 11 is 3.24. The number of rotatable bonds is 5. The average Bonchev–Trinajstić information content (AvgIpc) is 2.56. The van der Waals surface area contributed by atoms with Crippen LogP contribution in [0.25, 0.3) is 0 Å². The lowest BCUT2D eigenvalue weighted by Crippen LogP contribution is -2.40.